The zero-order chi connectivity index (χ0) is 14.7. The van der Waals surface area contributed by atoms with Gasteiger partial charge in [0.2, 0.25) is 0 Å². The summed E-state index contributed by atoms with van der Waals surface area (Å²) in [6.45, 7) is 2.45. The van der Waals surface area contributed by atoms with E-state index in [0.717, 1.165) is 0 Å². The Morgan fingerprint density at radius 1 is 1.25 bits per heavy atom. The molecule has 2 aromatic carbocycles. The van der Waals surface area contributed by atoms with Crippen LogP contribution in [0.15, 0.2) is 42.5 Å². The molecule has 0 aromatic heterocycles. The van der Waals surface area contributed by atoms with Crippen LogP contribution in [0.4, 0.5) is 15.8 Å². The molecule has 0 saturated heterocycles. The van der Waals surface area contributed by atoms with Crippen LogP contribution < -0.4 is 10.6 Å². The largest absolute Gasteiger partial charge is 0.384 e. The summed E-state index contributed by atoms with van der Waals surface area (Å²) in [4.78, 5) is 1.77. The van der Waals surface area contributed by atoms with Crippen molar-refractivity contribution in [3.05, 3.63) is 58.9 Å². The molecule has 0 aliphatic rings. The highest BCUT2D eigenvalue weighted by molar-refractivity contribution is 6.31. The van der Waals surface area contributed by atoms with Crippen LogP contribution in [-0.4, -0.2) is 12.4 Å². The predicted molar refractivity (Wildman–Crippen MR) is 81.5 cm³/mol. The molecule has 0 heterocycles. The fourth-order valence-corrected chi connectivity index (χ4v) is 2.27. The van der Waals surface area contributed by atoms with Crippen molar-refractivity contribution < 1.29 is 4.39 Å². The number of benzene rings is 2. The minimum atomic E-state index is -0.321. The van der Waals surface area contributed by atoms with Crippen LogP contribution in [0.3, 0.4) is 0 Å². The molecule has 2 aromatic rings. The van der Waals surface area contributed by atoms with E-state index in [-0.39, 0.29) is 11.7 Å². The first-order valence-electron chi connectivity index (χ1n) is 6.20. The third-order valence-corrected chi connectivity index (χ3v) is 3.23. The average molecular weight is 292 g/mol. The molecule has 0 amide bonds. The van der Waals surface area contributed by atoms with E-state index in [1.807, 2.05) is 6.92 Å². The van der Waals surface area contributed by atoms with Gasteiger partial charge in [-0.25, -0.2) is 4.39 Å². The maximum absolute atomic E-state index is 14.0. The van der Waals surface area contributed by atoms with Crippen molar-refractivity contribution in [2.45, 2.75) is 6.92 Å². The quantitative estimate of drug-likeness (QED) is 0.662. The Hall–Kier alpha value is -2.07. The molecule has 2 rings (SSSR count). The number of hydrogen-bond donors (Lipinski definition) is 2. The van der Waals surface area contributed by atoms with Crippen LogP contribution in [0, 0.1) is 11.2 Å². The first-order valence-corrected chi connectivity index (χ1v) is 6.58. The lowest BCUT2D eigenvalue weighted by Gasteiger charge is -2.26. The molecule has 0 bridgehead atoms. The van der Waals surface area contributed by atoms with Crippen molar-refractivity contribution in [3.8, 4) is 0 Å². The van der Waals surface area contributed by atoms with Gasteiger partial charge in [0.1, 0.15) is 11.7 Å². The summed E-state index contributed by atoms with van der Waals surface area (Å²) in [6, 6.07) is 11.6. The predicted octanol–water partition coefficient (Wildman–Crippen LogP) is 3.92. The van der Waals surface area contributed by atoms with Crippen molar-refractivity contribution in [2.24, 2.45) is 5.73 Å². The van der Waals surface area contributed by atoms with Crippen LogP contribution in [0.2, 0.25) is 5.02 Å². The molecule has 20 heavy (non-hydrogen) atoms. The highest BCUT2D eigenvalue weighted by Gasteiger charge is 2.16. The molecule has 0 radical (unpaired) electrons. The van der Waals surface area contributed by atoms with E-state index in [1.165, 1.54) is 6.07 Å². The van der Waals surface area contributed by atoms with Crippen LogP contribution in [0.25, 0.3) is 0 Å². The maximum Gasteiger partial charge on any atom is 0.146 e. The number of nitrogens with one attached hydrogen (secondary N) is 1. The number of nitrogen functional groups attached to an aromatic ring is 1. The van der Waals surface area contributed by atoms with E-state index < -0.39 is 0 Å². The van der Waals surface area contributed by atoms with Crippen LogP contribution in [0.5, 0.6) is 0 Å². The number of nitrogens with two attached hydrogens (primary N) is 1. The number of anilines is 2. The summed E-state index contributed by atoms with van der Waals surface area (Å²) in [7, 11) is 0. The fraction of sp³-hybridized carbons (Fsp3) is 0.133. The lowest BCUT2D eigenvalue weighted by atomic mass is 10.1. The Morgan fingerprint density at radius 3 is 2.55 bits per heavy atom. The molecular weight excluding hydrogens is 277 g/mol. The van der Waals surface area contributed by atoms with E-state index in [4.69, 9.17) is 22.7 Å². The molecule has 5 heteroatoms. The van der Waals surface area contributed by atoms with Gasteiger partial charge >= 0.3 is 0 Å². The summed E-state index contributed by atoms with van der Waals surface area (Å²) in [5.74, 6) is -0.420. The zero-order valence-corrected chi connectivity index (χ0v) is 11.8. The summed E-state index contributed by atoms with van der Waals surface area (Å²) in [5.41, 5.74) is 7.19. The Balaban J connectivity index is 2.58. The number of halogens is 2. The molecule has 0 spiro atoms. The SMILES string of the molecule is CCN(c1ccccc1F)c1ccc(Cl)cc1C(=N)N. The van der Waals surface area contributed by atoms with Gasteiger partial charge in [-0.15, -0.1) is 0 Å². The molecular formula is C15H15ClFN3. The van der Waals surface area contributed by atoms with E-state index in [9.17, 15) is 4.39 Å². The van der Waals surface area contributed by atoms with Gasteiger partial charge in [0.25, 0.3) is 0 Å². The van der Waals surface area contributed by atoms with E-state index >= 15 is 0 Å². The molecule has 3 nitrogen and oxygen atoms in total. The third-order valence-electron chi connectivity index (χ3n) is 3.00. The first kappa shape index (κ1) is 14.3. The van der Waals surface area contributed by atoms with E-state index in [0.29, 0.717) is 28.5 Å². The van der Waals surface area contributed by atoms with Gasteiger partial charge in [-0.3, -0.25) is 5.41 Å². The van der Waals surface area contributed by atoms with E-state index in [2.05, 4.69) is 0 Å². The highest BCUT2D eigenvalue weighted by Crippen LogP contribution is 2.31. The summed E-state index contributed by atoms with van der Waals surface area (Å²) in [5, 5.41) is 8.15. The second kappa shape index (κ2) is 5.92. The van der Waals surface area contributed by atoms with Crippen LogP contribution >= 0.6 is 11.6 Å². The lowest BCUT2D eigenvalue weighted by Crippen LogP contribution is -2.22. The third kappa shape index (κ3) is 2.75. The monoisotopic (exact) mass is 291 g/mol. The van der Waals surface area contributed by atoms with Gasteiger partial charge in [-0.2, -0.15) is 0 Å². The molecule has 0 atom stereocenters. The maximum atomic E-state index is 14.0. The Labute approximate surface area is 122 Å². The minimum Gasteiger partial charge on any atom is -0.384 e. The van der Waals surface area contributed by atoms with Crippen LogP contribution in [0.1, 0.15) is 12.5 Å². The van der Waals surface area contributed by atoms with Crippen molar-refractivity contribution in [1.82, 2.24) is 0 Å². The van der Waals surface area contributed by atoms with Crippen LogP contribution in [-0.2, 0) is 0 Å². The van der Waals surface area contributed by atoms with Gasteiger partial charge in [-0.1, -0.05) is 23.7 Å². The van der Waals surface area contributed by atoms with E-state index in [1.54, 1.807) is 41.3 Å². The molecule has 3 N–H and O–H groups in total. The fourth-order valence-electron chi connectivity index (χ4n) is 2.10. The average Bonchev–Trinajstić information content (AvgIpc) is 2.42. The summed E-state index contributed by atoms with van der Waals surface area (Å²) < 4.78 is 14.0. The lowest BCUT2D eigenvalue weighted by molar-refractivity contribution is 0.625. The standard InChI is InChI=1S/C15H15ClFN3/c1-2-20(14-6-4-3-5-12(14)17)13-8-7-10(16)9-11(13)15(18)19/h3-9H,2H2,1H3,(H3,18,19). The van der Waals surface area contributed by atoms with Gasteiger partial charge in [0.15, 0.2) is 0 Å². The van der Waals surface area contributed by atoms with Gasteiger partial charge in [0, 0.05) is 17.1 Å². The van der Waals surface area contributed by atoms with Gasteiger partial charge in [-0.05, 0) is 37.3 Å². The Kier molecular flexibility index (Phi) is 4.25. The molecule has 0 aliphatic carbocycles. The molecule has 0 aliphatic heterocycles. The number of hydrogen-bond acceptors (Lipinski definition) is 2. The number of rotatable bonds is 4. The second-order valence-corrected chi connectivity index (χ2v) is 4.71. The van der Waals surface area contributed by atoms with Crippen molar-refractivity contribution in [1.29, 1.82) is 5.41 Å². The summed E-state index contributed by atoms with van der Waals surface area (Å²) in [6.07, 6.45) is 0. The van der Waals surface area contributed by atoms with Crippen molar-refractivity contribution in [2.75, 3.05) is 11.4 Å². The number of para-hydroxylation sites is 1. The second-order valence-electron chi connectivity index (χ2n) is 4.27. The molecule has 0 saturated carbocycles. The topological polar surface area (TPSA) is 53.1 Å². The molecule has 0 unspecified atom stereocenters. The molecule has 104 valence electrons. The Morgan fingerprint density at radius 2 is 1.95 bits per heavy atom. The number of amidine groups is 1. The number of nitrogens with zero attached hydrogens (tertiary/aromatic N) is 1. The van der Waals surface area contributed by atoms with Gasteiger partial charge < -0.3 is 10.6 Å². The van der Waals surface area contributed by atoms with Gasteiger partial charge in [0.05, 0.1) is 11.4 Å². The minimum absolute atomic E-state index is 0.0997. The first-order chi connectivity index (χ1) is 9.54. The Bertz CT molecular complexity index is 643. The molecule has 0 fully saturated rings. The van der Waals surface area contributed by atoms with Crippen molar-refractivity contribution in [3.63, 3.8) is 0 Å². The highest BCUT2D eigenvalue weighted by atomic mass is 35.5. The zero-order valence-electron chi connectivity index (χ0n) is 11.0. The summed E-state index contributed by atoms with van der Waals surface area (Å²) >= 11 is 5.94. The normalized spacial score (nSPS) is 10.3. The van der Waals surface area contributed by atoms with Crippen molar-refractivity contribution >= 4 is 28.8 Å². The smallest absolute Gasteiger partial charge is 0.146 e.